The lowest BCUT2D eigenvalue weighted by Crippen LogP contribution is -2.51. The van der Waals surface area contributed by atoms with E-state index in [1.807, 2.05) is 35.2 Å². The second-order valence-electron chi connectivity index (χ2n) is 8.53. The molecule has 1 aliphatic heterocycles. The number of piperazine rings is 1. The van der Waals surface area contributed by atoms with E-state index in [4.69, 9.17) is 0 Å². The molecule has 2 aliphatic rings. The van der Waals surface area contributed by atoms with Gasteiger partial charge >= 0.3 is 0 Å². The number of allylic oxidation sites excluding steroid dienone is 2. The van der Waals surface area contributed by atoms with Crippen LogP contribution in [0.3, 0.4) is 0 Å². The Hall–Kier alpha value is -1.66. The van der Waals surface area contributed by atoms with Gasteiger partial charge in [0.2, 0.25) is 15.9 Å². The lowest BCUT2D eigenvalue weighted by molar-refractivity contribution is -0.134. The molecule has 3 rings (SSSR count). The Kier molecular flexibility index (Phi) is 5.50. The second-order valence-corrected chi connectivity index (χ2v) is 10.5. The van der Waals surface area contributed by atoms with Gasteiger partial charge in [-0.1, -0.05) is 55.8 Å². The Labute approximate surface area is 163 Å². The number of hydrogen-bond donors (Lipinski definition) is 0. The van der Waals surface area contributed by atoms with Gasteiger partial charge < -0.3 is 4.90 Å². The van der Waals surface area contributed by atoms with E-state index in [1.165, 1.54) is 9.88 Å². The van der Waals surface area contributed by atoms with Crippen LogP contribution < -0.4 is 0 Å². The van der Waals surface area contributed by atoms with Crippen molar-refractivity contribution in [3.05, 3.63) is 47.5 Å². The van der Waals surface area contributed by atoms with Crippen molar-refractivity contribution in [2.75, 3.05) is 26.2 Å². The van der Waals surface area contributed by atoms with Crippen LogP contribution >= 0.6 is 0 Å². The molecule has 1 heterocycles. The third-order valence-corrected chi connectivity index (χ3v) is 7.68. The van der Waals surface area contributed by atoms with Gasteiger partial charge in [-0.2, -0.15) is 4.31 Å². The van der Waals surface area contributed by atoms with Crippen molar-refractivity contribution in [1.29, 1.82) is 0 Å². The number of carbonyl (C=O) groups excluding carboxylic acids is 1. The van der Waals surface area contributed by atoms with E-state index in [9.17, 15) is 13.2 Å². The first kappa shape index (κ1) is 20.1. The van der Waals surface area contributed by atoms with Crippen molar-refractivity contribution in [3.63, 3.8) is 0 Å². The van der Waals surface area contributed by atoms with E-state index in [1.54, 1.807) is 0 Å². The fraction of sp³-hybridized carbons (Fsp3) is 0.571. The van der Waals surface area contributed by atoms with Gasteiger partial charge in [-0.3, -0.25) is 4.79 Å². The van der Waals surface area contributed by atoms with Crippen molar-refractivity contribution >= 4 is 15.9 Å². The first-order chi connectivity index (χ1) is 12.6. The molecule has 6 heteroatoms. The topological polar surface area (TPSA) is 57.7 Å². The summed E-state index contributed by atoms with van der Waals surface area (Å²) in [6.45, 7) is 10.1. The summed E-state index contributed by atoms with van der Waals surface area (Å²) < 4.78 is 26.9. The minimum Gasteiger partial charge on any atom is -0.340 e. The lowest BCUT2D eigenvalue weighted by atomic mass is 10.1. The van der Waals surface area contributed by atoms with Crippen LogP contribution in [0.2, 0.25) is 0 Å². The molecule has 0 spiro atoms. The van der Waals surface area contributed by atoms with Crippen LogP contribution in [-0.2, 0) is 20.6 Å². The molecule has 0 radical (unpaired) electrons. The smallest absolute Gasteiger partial charge is 0.226 e. The van der Waals surface area contributed by atoms with Crippen LogP contribution in [0.4, 0.5) is 0 Å². The molecule has 5 nitrogen and oxygen atoms in total. The molecular weight excluding hydrogens is 360 g/mol. The van der Waals surface area contributed by atoms with E-state index in [0.29, 0.717) is 26.2 Å². The van der Waals surface area contributed by atoms with Gasteiger partial charge in [0.25, 0.3) is 0 Å². The maximum atomic E-state index is 12.9. The van der Waals surface area contributed by atoms with E-state index in [0.717, 1.165) is 5.56 Å². The second kappa shape index (κ2) is 7.40. The first-order valence-electron chi connectivity index (χ1n) is 9.58. The highest BCUT2D eigenvalue weighted by Crippen LogP contribution is 2.60. The molecule has 1 aromatic carbocycles. The molecule has 0 aromatic heterocycles. The van der Waals surface area contributed by atoms with Crippen LogP contribution in [0.25, 0.3) is 0 Å². The van der Waals surface area contributed by atoms with Crippen molar-refractivity contribution in [2.45, 2.75) is 33.4 Å². The number of amides is 1. The molecule has 27 heavy (non-hydrogen) atoms. The molecule has 1 aliphatic carbocycles. The number of hydrogen-bond acceptors (Lipinski definition) is 3. The Balaban J connectivity index is 1.59. The normalized spacial score (nSPS) is 25.1. The Morgan fingerprint density at radius 2 is 1.70 bits per heavy atom. The highest BCUT2D eigenvalue weighted by Gasteiger charge is 2.61. The molecule has 0 bridgehead atoms. The zero-order valence-electron chi connectivity index (χ0n) is 16.7. The van der Waals surface area contributed by atoms with Crippen LogP contribution in [-0.4, -0.2) is 49.7 Å². The van der Waals surface area contributed by atoms with Gasteiger partial charge in [-0.25, -0.2) is 8.42 Å². The molecule has 1 saturated heterocycles. The third kappa shape index (κ3) is 4.27. The zero-order valence-corrected chi connectivity index (χ0v) is 17.5. The summed E-state index contributed by atoms with van der Waals surface area (Å²) >= 11 is 0. The summed E-state index contributed by atoms with van der Waals surface area (Å²) in [4.78, 5) is 14.8. The fourth-order valence-corrected chi connectivity index (χ4v) is 5.59. The summed E-state index contributed by atoms with van der Waals surface area (Å²) in [5.41, 5.74) is 2.02. The molecule has 2 fully saturated rings. The van der Waals surface area contributed by atoms with Gasteiger partial charge in [0.15, 0.2) is 0 Å². The van der Waals surface area contributed by atoms with Gasteiger partial charge in [0, 0.05) is 26.2 Å². The molecule has 0 unspecified atom stereocenters. The summed E-state index contributed by atoms with van der Waals surface area (Å²) in [7, 11) is -3.35. The highest BCUT2D eigenvalue weighted by molar-refractivity contribution is 7.88. The number of carbonyl (C=O) groups is 1. The van der Waals surface area contributed by atoms with Crippen molar-refractivity contribution in [1.82, 2.24) is 9.21 Å². The Bertz CT molecular complexity index is 818. The molecule has 2 atom stereocenters. The van der Waals surface area contributed by atoms with Crippen molar-refractivity contribution in [2.24, 2.45) is 17.3 Å². The molecule has 0 N–H and O–H groups in total. The van der Waals surface area contributed by atoms with Crippen LogP contribution in [0.15, 0.2) is 42.0 Å². The maximum absolute atomic E-state index is 12.9. The molecule has 1 aromatic rings. The number of rotatable bonds is 5. The van der Waals surface area contributed by atoms with E-state index in [-0.39, 0.29) is 28.9 Å². The van der Waals surface area contributed by atoms with Gasteiger partial charge in [0.1, 0.15) is 0 Å². The van der Waals surface area contributed by atoms with Gasteiger partial charge in [0.05, 0.1) is 11.7 Å². The maximum Gasteiger partial charge on any atom is 0.226 e. The van der Waals surface area contributed by atoms with Crippen LogP contribution in [0.1, 0.15) is 33.3 Å². The minimum absolute atomic E-state index is 0.00905. The molecule has 148 valence electrons. The Morgan fingerprint density at radius 3 is 2.26 bits per heavy atom. The van der Waals surface area contributed by atoms with Crippen LogP contribution in [0.5, 0.6) is 0 Å². The predicted octanol–water partition coefficient (Wildman–Crippen LogP) is 2.90. The van der Waals surface area contributed by atoms with Crippen LogP contribution in [0, 0.1) is 17.3 Å². The van der Waals surface area contributed by atoms with Gasteiger partial charge in [-0.15, -0.1) is 0 Å². The SMILES string of the molecule is CC(C)=C[C@@H]1[C@H](C(=O)N2CCN(S(=O)(=O)Cc3ccccc3)CC2)C1(C)C. The minimum atomic E-state index is -3.35. The quantitative estimate of drug-likeness (QED) is 0.727. The summed E-state index contributed by atoms with van der Waals surface area (Å²) in [6, 6.07) is 9.23. The van der Waals surface area contributed by atoms with E-state index >= 15 is 0 Å². The number of benzene rings is 1. The van der Waals surface area contributed by atoms with E-state index < -0.39 is 10.0 Å². The molecule has 1 amide bonds. The number of nitrogens with zero attached hydrogens (tertiary/aromatic N) is 2. The lowest BCUT2D eigenvalue weighted by Gasteiger charge is -2.34. The monoisotopic (exact) mass is 390 g/mol. The highest BCUT2D eigenvalue weighted by atomic mass is 32.2. The summed E-state index contributed by atoms with van der Waals surface area (Å²) in [5.74, 6) is 0.484. The average molecular weight is 391 g/mol. The number of sulfonamides is 1. The largest absolute Gasteiger partial charge is 0.340 e. The van der Waals surface area contributed by atoms with Crippen molar-refractivity contribution in [3.8, 4) is 0 Å². The predicted molar refractivity (Wildman–Crippen MR) is 107 cm³/mol. The standard InChI is InChI=1S/C21H30N2O3S/c1-16(2)14-18-19(21(18,3)4)20(24)22-10-12-23(13-11-22)27(25,26)15-17-8-6-5-7-9-17/h5-9,14,18-19H,10-13,15H2,1-4H3/t18-,19-/m1/s1. The van der Waals surface area contributed by atoms with Gasteiger partial charge in [-0.05, 0) is 30.7 Å². The zero-order chi connectivity index (χ0) is 19.8. The van der Waals surface area contributed by atoms with Crippen molar-refractivity contribution < 1.29 is 13.2 Å². The Morgan fingerprint density at radius 1 is 1.11 bits per heavy atom. The average Bonchev–Trinajstić information content (AvgIpc) is 3.14. The van der Waals surface area contributed by atoms with E-state index in [2.05, 4.69) is 33.8 Å². The third-order valence-electron chi connectivity index (χ3n) is 5.83. The first-order valence-corrected chi connectivity index (χ1v) is 11.2. The fourth-order valence-electron chi connectivity index (χ4n) is 4.08. The molecular formula is C21H30N2O3S. The summed E-state index contributed by atoms with van der Waals surface area (Å²) in [5, 5.41) is 0. The molecule has 1 saturated carbocycles. The summed E-state index contributed by atoms with van der Waals surface area (Å²) in [6.07, 6.45) is 2.20.